The predicted molar refractivity (Wildman–Crippen MR) is 114 cm³/mol. The van der Waals surface area contributed by atoms with Crippen molar-refractivity contribution in [2.45, 2.75) is 26.3 Å². The smallest absolute Gasteiger partial charge is 0.251 e. The summed E-state index contributed by atoms with van der Waals surface area (Å²) in [6.07, 6.45) is 4.93. The lowest BCUT2D eigenvalue weighted by molar-refractivity contribution is -0.118. The average Bonchev–Trinajstić information content (AvgIpc) is 3.21. The zero-order valence-electron chi connectivity index (χ0n) is 16.4. The Morgan fingerprint density at radius 3 is 2.72 bits per heavy atom. The second-order valence-corrected chi connectivity index (χ2v) is 7.07. The van der Waals surface area contributed by atoms with Crippen molar-refractivity contribution in [1.29, 1.82) is 0 Å². The molecule has 0 radical (unpaired) electrons. The van der Waals surface area contributed by atoms with E-state index in [4.69, 9.17) is 0 Å². The van der Waals surface area contributed by atoms with Crippen LogP contribution in [0.3, 0.4) is 0 Å². The molecule has 146 valence electrons. The number of hydrogen-bond acceptors (Lipinski definition) is 3. The van der Waals surface area contributed by atoms with Crippen LogP contribution in [0.4, 0.5) is 5.69 Å². The van der Waals surface area contributed by atoms with Gasteiger partial charge in [0, 0.05) is 48.7 Å². The molecule has 0 bridgehead atoms. The van der Waals surface area contributed by atoms with Crippen molar-refractivity contribution >= 4 is 17.5 Å². The minimum absolute atomic E-state index is 0.101. The first kappa shape index (κ1) is 18.9. The van der Waals surface area contributed by atoms with Gasteiger partial charge in [0.2, 0.25) is 5.91 Å². The van der Waals surface area contributed by atoms with Crippen LogP contribution in [0.25, 0.3) is 11.1 Å². The maximum absolute atomic E-state index is 12.4. The number of carbonyl (C=O) groups excluding carboxylic acids is 2. The van der Waals surface area contributed by atoms with Crippen LogP contribution in [-0.4, -0.2) is 23.3 Å². The molecule has 0 aliphatic carbocycles. The van der Waals surface area contributed by atoms with Gasteiger partial charge in [-0.2, -0.15) is 0 Å². The van der Waals surface area contributed by atoms with Gasteiger partial charge in [0.25, 0.3) is 5.91 Å². The molecule has 0 spiro atoms. The molecule has 0 saturated heterocycles. The molecule has 5 nitrogen and oxygen atoms in total. The molecular weight excluding hydrogens is 362 g/mol. The van der Waals surface area contributed by atoms with Crippen molar-refractivity contribution in [2.24, 2.45) is 0 Å². The Bertz CT molecular complexity index is 1050. The lowest BCUT2D eigenvalue weighted by atomic mass is 9.99. The van der Waals surface area contributed by atoms with Gasteiger partial charge in [0.1, 0.15) is 0 Å². The number of amides is 2. The maximum atomic E-state index is 12.4. The number of pyridine rings is 1. The summed E-state index contributed by atoms with van der Waals surface area (Å²) in [6, 6.07) is 17.3. The lowest BCUT2D eigenvalue weighted by Crippen LogP contribution is -2.27. The molecule has 29 heavy (non-hydrogen) atoms. The quantitative estimate of drug-likeness (QED) is 0.723. The third kappa shape index (κ3) is 3.90. The third-order valence-corrected chi connectivity index (χ3v) is 5.28. The van der Waals surface area contributed by atoms with Gasteiger partial charge in [-0.3, -0.25) is 14.6 Å². The van der Waals surface area contributed by atoms with E-state index in [1.54, 1.807) is 18.3 Å². The van der Waals surface area contributed by atoms with Crippen molar-refractivity contribution in [1.82, 2.24) is 10.3 Å². The SMILES string of the molecule is CCC(=O)N1CCc2cc(-c3cnccc3CNC(=O)c3ccccc3)ccc21. The molecule has 0 saturated carbocycles. The third-order valence-electron chi connectivity index (χ3n) is 5.28. The van der Waals surface area contributed by atoms with Crippen LogP contribution >= 0.6 is 0 Å². The van der Waals surface area contributed by atoms with Crippen LogP contribution in [0.2, 0.25) is 0 Å². The van der Waals surface area contributed by atoms with Gasteiger partial charge in [-0.15, -0.1) is 0 Å². The fraction of sp³-hybridized carbons (Fsp3) is 0.208. The molecule has 0 atom stereocenters. The summed E-state index contributed by atoms with van der Waals surface area (Å²) in [5.41, 5.74) is 5.86. The summed E-state index contributed by atoms with van der Waals surface area (Å²) in [7, 11) is 0. The largest absolute Gasteiger partial charge is 0.348 e. The topological polar surface area (TPSA) is 62.3 Å². The van der Waals surface area contributed by atoms with Gasteiger partial charge in [-0.05, 0) is 53.4 Å². The number of anilines is 1. The standard InChI is InChI=1S/C24H23N3O2/c1-2-23(28)27-13-11-19-14-18(8-9-22(19)27)21-16-25-12-10-20(21)15-26-24(29)17-6-4-3-5-7-17/h3-10,12,14,16H,2,11,13,15H2,1H3,(H,26,29). The normalized spacial score (nSPS) is 12.5. The molecule has 3 aromatic rings. The van der Waals surface area contributed by atoms with Crippen molar-refractivity contribution < 1.29 is 9.59 Å². The lowest BCUT2D eigenvalue weighted by Gasteiger charge is -2.17. The van der Waals surface area contributed by atoms with E-state index in [9.17, 15) is 9.59 Å². The van der Waals surface area contributed by atoms with Gasteiger partial charge in [-0.25, -0.2) is 0 Å². The van der Waals surface area contributed by atoms with E-state index in [1.165, 1.54) is 5.56 Å². The van der Waals surface area contributed by atoms with Crippen LogP contribution in [0, 0.1) is 0 Å². The highest BCUT2D eigenvalue weighted by Gasteiger charge is 2.24. The highest BCUT2D eigenvalue weighted by atomic mass is 16.2. The van der Waals surface area contributed by atoms with E-state index in [-0.39, 0.29) is 11.8 Å². The van der Waals surface area contributed by atoms with Crippen LogP contribution in [0.1, 0.15) is 34.8 Å². The van der Waals surface area contributed by atoms with Crippen molar-refractivity contribution in [3.8, 4) is 11.1 Å². The Kier molecular flexibility index (Phi) is 5.38. The molecule has 4 rings (SSSR count). The Morgan fingerprint density at radius 1 is 1.10 bits per heavy atom. The fourth-order valence-electron chi connectivity index (χ4n) is 3.72. The molecule has 1 aliphatic heterocycles. The summed E-state index contributed by atoms with van der Waals surface area (Å²) in [6.45, 7) is 3.04. The predicted octanol–water partition coefficient (Wildman–Crippen LogP) is 3.98. The number of hydrogen-bond donors (Lipinski definition) is 1. The van der Waals surface area contributed by atoms with Crippen molar-refractivity contribution in [2.75, 3.05) is 11.4 Å². The summed E-state index contributed by atoms with van der Waals surface area (Å²) < 4.78 is 0. The molecule has 1 aromatic heterocycles. The first-order chi connectivity index (χ1) is 14.2. The van der Waals surface area contributed by atoms with E-state index >= 15 is 0 Å². The molecule has 0 fully saturated rings. The first-order valence-corrected chi connectivity index (χ1v) is 9.87. The molecule has 2 amide bonds. The number of nitrogens with one attached hydrogen (secondary N) is 1. The first-order valence-electron chi connectivity index (χ1n) is 9.87. The highest BCUT2D eigenvalue weighted by molar-refractivity contribution is 5.96. The molecule has 0 unspecified atom stereocenters. The summed E-state index contributed by atoms with van der Waals surface area (Å²) in [4.78, 5) is 30.7. The fourth-order valence-corrected chi connectivity index (χ4v) is 3.72. The number of rotatable bonds is 5. The minimum Gasteiger partial charge on any atom is -0.348 e. The molecular formula is C24H23N3O2. The van der Waals surface area contributed by atoms with Gasteiger partial charge in [0.05, 0.1) is 0 Å². The Hall–Kier alpha value is -3.47. The summed E-state index contributed by atoms with van der Waals surface area (Å²) in [5.74, 6) is 0.0539. The number of fused-ring (bicyclic) bond motifs is 1. The van der Waals surface area contributed by atoms with Crippen LogP contribution in [-0.2, 0) is 17.8 Å². The van der Waals surface area contributed by atoms with E-state index in [0.29, 0.717) is 18.5 Å². The Labute approximate surface area is 170 Å². The van der Waals surface area contributed by atoms with E-state index in [2.05, 4.69) is 16.4 Å². The van der Waals surface area contributed by atoms with Crippen LogP contribution in [0.15, 0.2) is 67.0 Å². The molecule has 1 N–H and O–H groups in total. The molecule has 2 heterocycles. The average molecular weight is 385 g/mol. The number of carbonyl (C=O) groups is 2. The molecule has 5 heteroatoms. The van der Waals surface area contributed by atoms with Gasteiger partial charge >= 0.3 is 0 Å². The summed E-state index contributed by atoms with van der Waals surface area (Å²) in [5, 5.41) is 2.99. The summed E-state index contributed by atoms with van der Waals surface area (Å²) >= 11 is 0. The number of benzene rings is 2. The second kappa shape index (κ2) is 8.27. The van der Waals surface area contributed by atoms with Gasteiger partial charge < -0.3 is 10.2 Å². The second-order valence-electron chi connectivity index (χ2n) is 7.07. The Morgan fingerprint density at radius 2 is 1.93 bits per heavy atom. The highest BCUT2D eigenvalue weighted by Crippen LogP contribution is 2.33. The van der Waals surface area contributed by atoms with E-state index in [0.717, 1.165) is 35.3 Å². The molecule has 2 aromatic carbocycles. The monoisotopic (exact) mass is 385 g/mol. The van der Waals surface area contributed by atoms with Crippen molar-refractivity contribution in [3.63, 3.8) is 0 Å². The van der Waals surface area contributed by atoms with Crippen molar-refractivity contribution in [3.05, 3.63) is 83.7 Å². The van der Waals surface area contributed by atoms with Crippen LogP contribution < -0.4 is 10.2 Å². The zero-order chi connectivity index (χ0) is 20.2. The van der Waals surface area contributed by atoms with E-state index < -0.39 is 0 Å². The number of nitrogens with zero attached hydrogens (tertiary/aromatic N) is 2. The Balaban J connectivity index is 1.56. The maximum Gasteiger partial charge on any atom is 0.251 e. The number of aromatic nitrogens is 1. The molecule has 1 aliphatic rings. The van der Waals surface area contributed by atoms with E-state index in [1.807, 2.05) is 54.4 Å². The van der Waals surface area contributed by atoms with Gasteiger partial charge in [-0.1, -0.05) is 31.2 Å². The minimum atomic E-state index is -0.101. The van der Waals surface area contributed by atoms with Crippen LogP contribution in [0.5, 0.6) is 0 Å². The van der Waals surface area contributed by atoms with Gasteiger partial charge in [0.15, 0.2) is 0 Å². The zero-order valence-corrected chi connectivity index (χ0v) is 16.4.